The van der Waals surface area contributed by atoms with Crippen molar-refractivity contribution >= 4 is 23.4 Å². The fourth-order valence-corrected chi connectivity index (χ4v) is 2.14. The Labute approximate surface area is 105 Å². The molecule has 1 unspecified atom stereocenters. The molecule has 1 aromatic rings. The topological polar surface area (TPSA) is 55.1 Å². The van der Waals surface area contributed by atoms with E-state index in [1.807, 2.05) is 6.92 Å². The maximum Gasteiger partial charge on any atom is 0.233 e. The molecule has 3 nitrogen and oxygen atoms in total. The minimum Gasteiger partial charge on any atom is -0.399 e. The van der Waals surface area contributed by atoms with Gasteiger partial charge in [-0.3, -0.25) is 4.79 Å². The van der Waals surface area contributed by atoms with Gasteiger partial charge in [0.05, 0.1) is 5.25 Å². The SMILES string of the molecule is CCCNC(=O)C(C)Sc1ccc(N)cc1F. The first-order valence-corrected chi connectivity index (χ1v) is 6.42. The Bertz CT molecular complexity index is 398. The number of nitrogens with one attached hydrogen (secondary N) is 1. The minimum absolute atomic E-state index is 0.0759. The molecule has 0 saturated carbocycles. The molecule has 0 aliphatic carbocycles. The van der Waals surface area contributed by atoms with E-state index in [2.05, 4.69) is 5.32 Å². The van der Waals surface area contributed by atoms with Crippen molar-refractivity contribution in [1.82, 2.24) is 5.32 Å². The van der Waals surface area contributed by atoms with E-state index in [-0.39, 0.29) is 17.0 Å². The number of nitrogen functional groups attached to an aromatic ring is 1. The Balaban J connectivity index is 2.61. The molecule has 1 rings (SSSR count). The van der Waals surface area contributed by atoms with E-state index in [0.29, 0.717) is 17.1 Å². The van der Waals surface area contributed by atoms with Gasteiger partial charge in [0, 0.05) is 17.1 Å². The normalized spacial score (nSPS) is 12.2. The van der Waals surface area contributed by atoms with E-state index in [9.17, 15) is 9.18 Å². The number of hydrogen-bond acceptors (Lipinski definition) is 3. The maximum atomic E-state index is 13.5. The highest BCUT2D eigenvalue weighted by molar-refractivity contribution is 8.00. The lowest BCUT2D eigenvalue weighted by Crippen LogP contribution is -2.31. The number of benzene rings is 1. The van der Waals surface area contributed by atoms with E-state index < -0.39 is 0 Å². The molecule has 0 radical (unpaired) electrons. The fraction of sp³-hybridized carbons (Fsp3) is 0.417. The maximum absolute atomic E-state index is 13.5. The van der Waals surface area contributed by atoms with Crippen molar-refractivity contribution in [3.63, 3.8) is 0 Å². The van der Waals surface area contributed by atoms with Gasteiger partial charge < -0.3 is 11.1 Å². The predicted octanol–water partition coefficient (Wildman–Crippen LogP) is 2.41. The second-order valence-corrected chi connectivity index (χ2v) is 5.12. The first-order valence-electron chi connectivity index (χ1n) is 5.54. The standard InChI is InChI=1S/C12H17FN2OS/c1-3-6-15-12(16)8(2)17-11-5-4-9(14)7-10(11)13/h4-5,7-8H,3,6,14H2,1-2H3,(H,15,16). The van der Waals surface area contributed by atoms with Crippen LogP contribution in [0.25, 0.3) is 0 Å². The number of carbonyl (C=O) groups excluding carboxylic acids is 1. The number of halogens is 1. The van der Waals surface area contributed by atoms with E-state index in [4.69, 9.17) is 5.73 Å². The van der Waals surface area contributed by atoms with Crippen LogP contribution in [0, 0.1) is 5.82 Å². The summed E-state index contributed by atoms with van der Waals surface area (Å²) in [4.78, 5) is 12.0. The van der Waals surface area contributed by atoms with Gasteiger partial charge in [0.2, 0.25) is 5.91 Å². The summed E-state index contributed by atoms with van der Waals surface area (Å²) in [6.45, 7) is 4.39. The van der Waals surface area contributed by atoms with Crippen LogP contribution in [0.1, 0.15) is 20.3 Å². The number of rotatable bonds is 5. The highest BCUT2D eigenvalue weighted by Gasteiger charge is 2.15. The molecular weight excluding hydrogens is 239 g/mol. The first kappa shape index (κ1) is 13.8. The summed E-state index contributed by atoms with van der Waals surface area (Å²) >= 11 is 1.19. The number of nitrogens with two attached hydrogens (primary N) is 1. The molecule has 0 spiro atoms. The van der Waals surface area contributed by atoms with Crippen LogP contribution < -0.4 is 11.1 Å². The van der Waals surface area contributed by atoms with Crippen LogP contribution in [0.3, 0.4) is 0 Å². The Morgan fingerprint density at radius 1 is 1.59 bits per heavy atom. The molecule has 1 atom stereocenters. The summed E-state index contributed by atoms with van der Waals surface area (Å²) in [5, 5.41) is 2.46. The molecule has 0 bridgehead atoms. The summed E-state index contributed by atoms with van der Waals surface area (Å²) in [7, 11) is 0. The summed E-state index contributed by atoms with van der Waals surface area (Å²) < 4.78 is 13.5. The lowest BCUT2D eigenvalue weighted by molar-refractivity contribution is -0.120. The van der Waals surface area contributed by atoms with Gasteiger partial charge >= 0.3 is 0 Å². The van der Waals surface area contributed by atoms with E-state index in [0.717, 1.165) is 6.42 Å². The number of hydrogen-bond donors (Lipinski definition) is 2. The third kappa shape index (κ3) is 4.26. The molecule has 0 fully saturated rings. The zero-order valence-electron chi connectivity index (χ0n) is 10.00. The molecule has 17 heavy (non-hydrogen) atoms. The van der Waals surface area contributed by atoms with E-state index >= 15 is 0 Å². The average molecular weight is 256 g/mol. The van der Waals surface area contributed by atoms with Gasteiger partial charge in [-0.2, -0.15) is 0 Å². The van der Waals surface area contributed by atoms with Crippen LogP contribution in [-0.2, 0) is 4.79 Å². The second kappa shape index (κ2) is 6.49. The van der Waals surface area contributed by atoms with E-state index in [1.54, 1.807) is 19.1 Å². The third-order valence-electron chi connectivity index (χ3n) is 2.18. The average Bonchev–Trinajstić information content (AvgIpc) is 2.29. The van der Waals surface area contributed by atoms with Gasteiger partial charge in [0.25, 0.3) is 0 Å². The van der Waals surface area contributed by atoms with Gasteiger partial charge in [-0.25, -0.2) is 4.39 Å². The quantitative estimate of drug-likeness (QED) is 0.628. The molecular formula is C12H17FN2OS. The Kier molecular flexibility index (Phi) is 5.28. The number of amides is 1. The van der Waals surface area contributed by atoms with Crippen molar-refractivity contribution in [2.24, 2.45) is 0 Å². The van der Waals surface area contributed by atoms with Crippen molar-refractivity contribution in [2.45, 2.75) is 30.4 Å². The summed E-state index contributed by atoms with van der Waals surface area (Å²) in [6, 6.07) is 4.49. The molecule has 0 saturated heterocycles. The number of thioether (sulfide) groups is 1. The van der Waals surface area contributed by atoms with Crippen LogP contribution >= 0.6 is 11.8 Å². The second-order valence-electron chi connectivity index (χ2n) is 3.74. The molecule has 0 aliphatic rings. The van der Waals surface area contributed by atoms with Gasteiger partial charge in [-0.15, -0.1) is 11.8 Å². The molecule has 1 aromatic carbocycles. The Hall–Kier alpha value is -1.23. The highest BCUT2D eigenvalue weighted by Crippen LogP contribution is 2.27. The number of anilines is 1. The minimum atomic E-state index is -0.384. The van der Waals surface area contributed by atoms with Gasteiger partial charge in [0.15, 0.2) is 0 Å². The zero-order valence-corrected chi connectivity index (χ0v) is 10.8. The van der Waals surface area contributed by atoms with Crippen LogP contribution in [0.2, 0.25) is 0 Å². The predicted molar refractivity (Wildman–Crippen MR) is 69.4 cm³/mol. The van der Waals surface area contributed by atoms with Crippen LogP contribution in [0.15, 0.2) is 23.1 Å². The summed E-state index contributed by atoms with van der Waals surface area (Å²) in [5.74, 6) is -0.460. The Morgan fingerprint density at radius 3 is 2.88 bits per heavy atom. The monoisotopic (exact) mass is 256 g/mol. The van der Waals surface area contributed by atoms with E-state index in [1.165, 1.54) is 17.8 Å². The first-order chi connectivity index (χ1) is 8.04. The third-order valence-corrected chi connectivity index (χ3v) is 3.33. The highest BCUT2D eigenvalue weighted by atomic mass is 32.2. The smallest absolute Gasteiger partial charge is 0.233 e. The fourth-order valence-electron chi connectivity index (χ4n) is 1.25. The molecule has 5 heteroatoms. The van der Waals surface area contributed by atoms with Gasteiger partial charge in [0.1, 0.15) is 5.82 Å². The lowest BCUT2D eigenvalue weighted by Gasteiger charge is -2.12. The zero-order chi connectivity index (χ0) is 12.8. The van der Waals surface area contributed by atoms with Crippen molar-refractivity contribution in [1.29, 1.82) is 0 Å². The molecule has 1 amide bonds. The summed E-state index contributed by atoms with van der Waals surface area (Å²) in [5.41, 5.74) is 5.84. The van der Waals surface area contributed by atoms with Crippen LogP contribution in [0.5, 0.6) is 0 Å². The lowest BCUT2D eigenvalue weighted by atomic mass is 10.3. The molecule has 94 valence electrons. The molecule has 0 aliphatic heterocycles. The summed E-state index contributed by atoms with van der Waals surface area (Å²) in [6.07, 6.45) is 0.888. The van der Waals surface area contributed by atoms with Crippen molar-refractivity contribution in [3.8, 4) is 0 Å². The number of carbonyl (C=O) groups is 1. The van der Waals surface area contributed by atoms with Crippen molar-refractivity contribution in [2.75, 3.05) is 12.3 Å². The molecule has 0 aromatic heterocycles. The Morgan fingerprint density at radius 2 is 2.29 bits per heavy atom. The van der Waals surface area contributed by atoms with Crippen LogP contribution in [0.4, 0.5) is 10.1 Å². The van der Waals surface area contributed by atoms with Gasteiger partial charge in [-0.05, 0) is 31.5 Å². The van der Waals surface area contributed by atoms with Crippen LogP contribution in [-0.4, -0.2) is 17.7 Å². The molecule has 0 heterocycles. The largest absolute Gasteiger partial charge is 0.399 e. The van der Waals surface area contributed by atoms with Crippen molar-refractivity contribution in [3.05, 3.63) is 24.0 Å². The van der Waals surface area contributed by atoms with Gasteiger partial charge in [-0.1, -0.05) is 6.92 Å². The van der Waals surface area contributed by atoms with Crippen molar-refractivity contribution < 1.29 is 9.18 Å². The molecule has 3 N–H and O–H groups in total.